The molecule has 0 saturated heterocycles. The van der Waals surface area contributed by atoms with Crippen LogP contribution >= 0.6 is 0 Å². The summed E-state index contributed by atoms with van der Waals surface area (Å²) in [4.78, 5) is 16.5. The van der Waals surface area contributed by atoms with Gasteiger partial charge in [-0.05, 0) is 42.0 Å². The molecule has 1 N–H and O–H groups in total. The number of benzene rings is 2. The van der Waals surface area contributed by atoms with E-state index in [1.807, 2.05) is 12.1 Å². The number of carbonyl (C=O) groups is 1. The fourth-order valence-corrected chi connectivity index (χ4v) is 4.95. The number of hydrogen-bond acceptors (Lipinski definition) is 6. The molecule has 3 aromatic heterocycles. The van der Waals surface area contributed by atoms with Gasteiger partial charge in [0.1, 0.15) is 0 Å². The van der Waals surface area contributed by atoms with E-state index in [0.717, 1.165) is 16.5 Å². The van der Waals surface area contributed by atoms with Gasteiger partial charge < -0.3 is 9.73 Å². The minimum atomic E-state index is -3.79. The van der Waals surface area contributed by atoms with Gasteiger partial charge in [0.25, 0.3) is 5.91 Å². The summed E-state index contributed by atoms with van der Waals surface area (Å²) in [6.45, 7) is 0.223. The Hall–Kier alpha value is -3.98. The molecule has 8 nitrogen and oxygen atoms in total. The van der Waals surface area contributed by atoms with E-state index in [1.165, 1.54) is 12.1 Å². The standard InChI is InChI=1S/C23H18N4O4S/c1-27-19-5-3-2-4-18(19)23(26-27)32(29,30)17-8-6-15(7-9-17)13-25-22(28)20-12-16-10-11-24-14-21(16)31-20/h2-12,14H,13H2,1H3,(H,25,28). The highest BCUT2D eigenvalue weighted by Gasteiger charge is 2.24. The van der Waals surface area contributed by atoms with Crippen molar-refractivity contribution in [3.63, 3.8) is 0 Å². The van der Waals surface area contributed by atoms with E-state index in [9.17, 15) is 13.2 Å². The Balaban J connectivity index is 1.34. The summed E-state index contributed by atoms with van der Waals surface area (Å²) in [5.41, 5.74) is 2.03. The minimum Gasteiger partial charge on any atom is -0.449 e. The highest BCUT2D eigenvalue weighted by atomic mass is 32.2. The van der Waals surface area contributed by atoms with Gasteiger partial charge in [0.15, 0.2) is 16.4 Å². The maximum atomic E-state index is 13.1. The summed E-state index contributed by atoms with van der Waals surface area (Å²) in [5, 5.41) is 8.40. The summed E-state index contributed by atoms with van der Waals surface area (Å²) in [6.07, 6.45) is 3.18. The Labute approximate surface area is 183 Å². The van der Waals surface area contributed by atoms with E-state index in [4.69, 9.17) is 4.42 Å². The third kappa shape index (κ3) is 3.42. The van der Waals surface area contributed by atoms with Crippen LogP contribution in [0.4, 0.5) is 0 Å². The third-order valence-corrected chi connectivity index (χ3v) is 6.92. The molecule has 0 saturated carbocycles. The zero-order valence-electron chi connectivity index (χ0n) is 17.0. The van der Waals surface area contributed by atoms with Crippen LogP contribution in [0.2, 0.25) is 0 Å². The predicted molar refractivity (Wildman–Crippen MR) is 118 cm³/mol. The van der Waals surface area contributed by atoms with Crippen LogP contribution in [0.5, 0.6) is 0 Å². The number of amides is 1. The van der Waals surface area contributed by atoms with Crippen molar-refractivity contribution in [3.8, 4) is 0 Å². The molecule has 2 aromatic carbocycles. The maximum Gasteiger partial charge on any atom is 0.287 e. The normalized spacial score (nSPS) is 11.8. The van der Waals surface area contributed by atoms with E-state index in [2.05, 4.69) is 15.4 Å². The number of para-hydroxylation sites is 1. The van der Waals surface area contributed by atoms with Crippen LogP contribution < -0.4 is 5.32 Å². The van der Waals surface area contributed by atoms with Gasteiger partial charge in [-0.15, -0.1) is 0 Å². The molecule has 0 bridgehead atoms. The molecule has 0 aliphatic carbocycles. The second-order valence-corrected chi connectivity index (χ2v) is 9.17. The SMILES string of the molecule is Cn1nc(S(=O)(=O)c2ccc(CNC(=O)c3cc4ccncc4o3)cc2)c2ccccc21. The molecule has 0 aliphatic rings. The van der Waals surface area contributed by atoms with Gasteiger partial charge in [0.2, 0.25) is 9.84 Å². The van der Waals surface area contributed by atoms with Crippen molar-refractivity contribution in [1.82, 2.24) is 20.1 Å². The van der Waals surface area contributed by atoms with Gasteiger partial charge >= 0.3 is 0 Å². The number of carbonyl (C=O) groups excluding carboxylic acids is 1. The number of pyridine rings is 1. The molecule has 0 aliphatic heterocycles. The van der Waals surface area contributed by atoms with Crippen LogP contribution in [0.3, 0.4) is 0 Å². The quantitative estimate of drug-likeness (QED) is 0.443. The van der Waals surface area contributed by atoms with E-state index in [0.29, 0.717) is 11.0 Å². The average Bonchev–Trinajstić information content (AvgIpc) is 3.40. The van der Waals surface area contributed by atoms with E-state index < -0.39 is 9.84 Å². The minimum absolute atomic E-state index is 0.0241. The highest BCUT2D eigenvalue weighted by Crippen LogP contribution is 2.27. The molecule has 9 heteroatoms. The van der Waals surface area contributed by atoms with Gasteiger partial charge in [-0.25, -0.2) is 8.42 Å². The summed E-state index contributed by atoms with van der Waals surface area (Å²) < 4.78 is 33.4. The fraction of sp³-hybridized carbons (Fsp3) is 0.0870. The lowest BCUT2D eigenvalue weighted by molar-refractivity contribution is 0.0925. The molecule has 160 valence electrons. The molecule has 3 heterocycles. The monoisotopic (exact) mass is 446 g/mol. The topological polar surface area (TPSA) is 107 Å². The van der Waals surface area contributed by atoms with Gasteiger partial charge in [-0.2, -0.15) is 5.10 Å². The molecule has 0 spiro atoms. The number of sulfone groups is 1. The van der Waals surface area contributed by atoms with Crippen LogP contribution in [0, 0.1) is 0 Å². The second-order valence-electron chi connectivity index (χ2n) is 7.30. The summed E-state index contributed by atoms with van der Waals surface area (Å²) >= 11 is 0. The number of aryl methyl sites for hydroxylation is 1. The number of nitrogens with zero attached hydrogens (tertiary/aromatic N) is 3. The molecule has 5 rings (SSSR count). The molecule has 0 radical (unpaired) electrons. The van der Waals surface area contributed by atoms with Crippen LogP contribution in [0.15, 0.2) is 87.4 Å². The van der Waals surface area contributed by atoms with Crippen molar-refractivity contribution in [2.75, 3.05) is 0 Å². The molecule has 1 amide bonds. The molecule has 32 heavy (non-hydrogen) atoms. The first-order chi connectivity index (χ1) is 15.4. The zero-order chi connectivity index (χ0) is 22.3. The molecular weight excluding hydrogens is 428 g/mol. The Morgan fingerprint density at radius 3 is 2.66 bits per heavy atom. The van der Waals surface area contributed by atoms with Crippen LogP contribution in [0.25, 0.3) is 21.9 Å². The van der Waals surface area contributed by atoms with E-state index >= 15 is 0 Å². The lowest BCUT2D eigenvalue weighted by Gasteiger charge is -2.06. The third-order valence-electron chi connectivity index (χ3n) is 5.21. The van der Waals surface area contributed by atoms with Crippen molar-refractivity contribution in [1.29, 1.82) is 0 Å². The average molecular weight is 446 g/mol. The fourth-order valence-electron chi connectivity index (χ4n) is 3.54. The molecule has 0 fully saturated rings. The number of nitrogens with one attached hydrogen (secondary N) is 1. The number of rotatable bonds is 5. The summed E-state index contributed by atoms with van der Waals surface area (Å²) in [7, 11) is -2.08. The number of aromatic nitrogens is 3. The summed E-state index contributed by atoms with van der Waals surface area (Å²) in [5.74, 6) is -0.174. The lowest BCUT2D eigenvalue weighted by atomic mass is 10.2. The largest absolute Gasteiger partial charge is 0.449 e. The Morgan fingerprint density at radius 2 is 1.88 bits per heavy atom. The second kappa shape index (κ2) is 7.61. The first-order valence-corrected chi connectivity index (χ1v) is 11.3. The molecule has 0 atom stereocenters. The van der Waals surface area contributed by atoms with Crippen LogP contribution in [-0.4, -0.2) is 29.1 Å². The van der Waals surface area contributed by atoms with Crippen LogP contribution in [0.1, 0.15) is 16.1 Å². The Kier molecular flexibility index (Phi) is 4.75. The number of hydrogen-bond donors (Lipinski definition) is 1. The smallest absolute Gasteiger partial charge is 0.287 e. The first-order valence-electron chi connectivity index (χ1n) is 9.81. The van der Waals surface area contributed by atoms with E-state index in [-0.39, 0.29) is 28.1 Å². The van der Waals surface area contributed by atoms with Crippen molar-refractivity contribution in [2.45, 2.75) is 16.5 Å². The zero-order valence-corrected chi connectivity index (χ0v) is 17.8. The maximum absolute atomic E-state index is 13.1. The molecule has 0 unspecified atom stereocenters. The lowest BCUT2D eigenvalue weighted by Crippen LogP contribution is -2.22. The molecule has 5 aromatic rings. The van der Waals surface area contributed by atoms with E-state index in [1.54, 1.807) is 60.5 Å². The van der Waals surface area contributed by atoms with Gasteiger partial charge in [0.05, 0.1) is 16.6 Å². The van der Waals surface area contributed by atoms with Gasteiger partial charge in [0, 0.05) is 30.6 Å². The first kappa shape index (κ1) is 20.0. The number of fused-ring (bicyclic) bond motifs is 2. The molecular formula is C23H18N4O4S. The Bertz CT molecular complexity index is 1530. The van der Waals surface area contributed by atoms with Crippen molar-refractivity contribution < 1.29 is 17.6 Å². The van der Waals surface area contributed by atoms with Crippen molar-refractivity contribution in [2.24, 2.45) is 7.05 Å². The van der Waals surface area contributed by atoms with Gasteiger partial charge in [-0.1, -0.05) is 24.3 Å². The number of furan rings is 1. The Morgan fingerprint density at radius 1 is 1.09 bits per heavy atom. The predicted octanol–water partition coefficient (Wildman–Crippen LogP) is 3.48. The van der Waals surface area contributed by atoms with Crippen LogP contribution in [-0.2, 0) is 23.4 Å². The summed E-state index contributed by atoms with van der Waals surface area (Å²) in [6, 6.07) is 17.0. The van der Waals surface area contributed by atoms with Crippen molar-refractivity contribution in [3.05, 3.63) is 84.4 Å². The van der Waals surface area contributed by atoms with Gasteiger partial charge in [-0.3, -0.25) is 14.5 Å². The highest BCUT2D eigenvalue weighted by molar-refractivity contribution is 7.91. The van der Waals surface area contributed by atoms with Crippen molar-refractivity contribution >= 4 is 37.6 Å².